The van der Waals surface area contributed by atoms with Crippen molar-refractivity contribution in [2.75, 3.05) is 12.9 Å². The zero-order valence-corrected chi connectivity index (χ0v) is 23.2. The minimum absolute atomic E-state index is 0.0116. The van der Waals surface area contributed by atoms with Gasteiger partial charge < -0.3 is 9.84 Å². The molecule has 1 N–H and O–H groups in total. The number of aryl methyl sites for hydroxylation is 2. The summed E-state index contributed by atoms with van der Waals surface area (Å²) in [6.07, 6.45) is 5.33. The highest BCUT2D eigenvalue weighted by Gasteiger charge is 2.64. The quantitative estimate of drug-likeness (QED) is 0.483. The molecule has 1 heterocycles. The fourth-order valence-corrected chi connectivity index (χ4v) is 10.6. The van der Waals surface area contributed by atoms with Gasteiger partial charge in [-0.3, -0.25) is 4.21 Å². The van der Waals surface area contributed by atoms with Gasteiger partial charge in [-0.2, -0.15) is 0 Å². The standard InChI is InChI=1S/C30H38O3S2/c1-20-6-10-22(11-7-20)30(23-12-8-21(2)9-13-23)18-25(17-27(33-5)34-30)35(32)19-29-15-14-24(16-26(29)31)28(29,3)4/h6-13,17,24,26-27,31H,14-16,18-19H2,1-5H3/t24-,26-,27-,29-,35?/m1/s1. The maximum atomic E-state index is 14.2. The molecule has 2 aliphatic carbocycles. The lowest BCUT2D eigenvalue weighted by Gasteiger charge is -2.43. The van der Waals surface area contributed by atoms with Gasteiger partial charge in [0.05, 0.1) is 10.9 Å². The smallest absolute Gasteiger partial charge is 0.123 e. The second-order valence-electron chi connectivity index (χ2n) is 11.4. The Labute approximate surface area is 217 Å². The normalized spacial score (nSPS) is 31.8. The molecule has 1 unspecified atom stereocenters. The first-order chi connectivity index (χ1) is 16.6. The molecule has 2 saturated carbocycles. The van der Waals surface area contributed by atoms with Crippen LogP contribution in [0.1, 0.15) is 61.8 Å². The van der Waals surface area contributed by atoms with Crippen LogP contribution in [0.25, 0.3) is 0 Å². The van der Waals surface area contributed by atoms with Gasteiger partial charge in [-0.05, 0) is 61.6 Å². The Balaban J connectivity index is 1.55. The average molecular weight is 511 g/mol. The Kier molecular flexibility index (Phi) is 6.61. The van der Waals surface area contributed by atoms with Crippen molar-refractivity contribution in [1.82, 2.24) is 0 Å². The molecule has 0 aromatic heterocycles. The summed E-state index contributed by atoms with van der Waals surface area (Å²) in [5.74, 6) is 1.05. The zero-order chi connectivity index (χ0) is 25.0. The van der Waals surface area contributed by atoms with Crippen LogP contribution in [-0.2, 0) is 20.3 Å². The van der Waals surface area contributed by atoms with Crippen molar-refractivity contribution in [2.24, 2.45) is 16.7 Å². The number of hydrogen-bond acceptors (Lipinski definition) is 4. The SMILES string of the molecule is CO[C@H]1C=C(S(=O)C[C@]23CC[C@H](C[C@H]2O)C3(C)C)CC(c2ccc(C)cc2)(c2ccc(C)cc2)S1. The summed E-state index contributed by atoms with van der Waals surface area (Å²) in [6.45, 7) is 8.78. The Morgan fingerprint density at radius 3 is 2.06 bits per heavy atom. The number of rotatable bonds is 6. The van der Waals surface area contributed by atoms with Crippen molar-refractivity contribution in [2.45, 2.75) is 69.7 Å². The molecule has 3 nitrogen and oxygen atoms in total. The number of benzene rings is 2. The van der Waals surface area contributed by atoms with Crippen LogP contribution in [0, 0.1) is 30.6 Å². The molecule has 0 amide bonds. The maximum Gasteiger partial charge on any atom is 0.123 e. The van der Waals surface area contributed by atoms with E-state index in [1.807, 2.05) is 0 Å². The van der Waals surface area contributed by atoms with Gasteiger partial charge in [-0.15, -0.1) is 11.8 Å². The van der Waals surface area contributed by atoms with E-state index < -0.39 is 10.8 Å². The number of ether oxygens (including phenoxy) is 1. The van der Waals surface area contributed by atoms with E-state index in [-0.39, 0.29) is 27.1 Å². The molecule has 0 spiro atoms. The topological polar surface area (TPSA) is 46.5 Å². The van der Waals surface area contributed by atoms with E-state index in [1.165, 1.54) is 22.3 Å². The van der Waals surface area contributed by atoms with Crippen LogP contribution < -0.4 is 0 Å². The van der Waals surface area contributed by atoms with Crippen molar-refractivity contribution >= 4 is 22.6 Å². The van der Waals surface area contributed by atoms with Crippen LogP contribution in [0.2, 0.25) is 0 Å². The minimum Gasteiger partial charge on any atom is -0.392 e. The van der Waals surface area contributed by atoms with Gasteiger partial charge in [0.15, 0.2) is 0 Å². The molecule has 5 rings (SSSR count). The Bertz CT molecular complexity index is 1090. The minimum atomic E-state index is -1.19. The fraction of sp³-hybridized carbons (Fsp3) is 0.533. The summed E-state index contributed by atoms with van der Waals surface area (Å²) in [4.78, 5) is 0.949. The van der Waals surface area contributed by atoms with E-state index in [0.717, 1.165) is 24.2 Å². The third kappa shape index (κ3) is 4.07. The lowest BCUT2D eigenvalue weighted by Crippen LogP contribution is -2.44. The number of thioether (sulfide) groups is 1. The summed E-state index contributed by atoms with van der Waals surface area (Å²) in [5.41, 5.74) is 4.42. The Morgan fingerprint density at radius 2 is 1.60 bits per heavy atom. The molecule has 2 aromatic carbocycles. The fourth-order valence-electron chi connectivity index (χ4n) is 6.86. The molecule has 5 atom stereocenters. The van der Waals surface area contributed by atoms with Crippen LogP contribution in [0.4, 0.5) is 0 Å². The number of hydrogen-bond donors (Lipinski definition) is 1. The first-order valence-corrected chi connectivity index (χ1v) is 14.9. The lowest BCUT2D eigenvalue weighted by molar-refractivity contribution is 0.0161. The van der Waals surface area contributed by atoms with Crippen LogP contribution in [0.15, 0.2) is 59.5 Å². The van der Waals surface area contributed by atoms with Crippen molar-refractivity contribution < 1.29 is 14.1 Å². The predicted molar refractivity (Wildman–Crippen MR) is 147 cm³/mol. The summed E-state index contributed by atoms with van der Waals surface area (Å²) >= 11 is 1.79. The summed E-state index contributed by atoms with van der Waals surface area (Å²) in [7, 11) is 0.542. The number of methoxy groups -OCH3 is 1. The second kappa shape index (κ2) is 9.16. The van der Waals surface area contributed by atoms with Crippen molar-refractivity contribution in [3.63, 3.8) is 0 Å². The lowest BCUT2D eigenvalue weighted by atomic mass is 9.70. The molecule has 5 heteroatoms. The van der Waals surface area contributed by atoms with Crippen LogP contribution in [-0.4, -0.2) is 33.7 Å². The molecular weight excluding hydrogens is 472 g/mol. The molecular formula is C30H38O3S2. The van der Waals surface area contributed by atoms with Crippen LogP contribution in [0.3, 0.4) is 0 Å². The van der Waals surface area contributed by atoms with E-state index in [4.69, 9.17) is 4.74 Å². The molecule has 2 bridgehead atoms. The van der Waals surface area contributed by atoms with Gasteiger partial charge in [0, 0.05) is 40.4 Å². The third-order valence-corrected chi connectivity index (χ3v) is 12.6. The molecule has 0 saturated heterocycles. The van der Waals surface area contributed by atoms with Gasteiger partial charge in [-0.1, -0.05) is 73.5 Å². The molecule has 3 aliphatic rings. The largest absolute Gasteiger partial charge is 0.392 e. The number of fused-ring (bicyclic) bond motifs is 2. The van der Waals surface area contributed by atoms with Gasteiger partial charge in [0.1, 0.15) is 5.44 Å². The first kappa shape index (κ1) is 25.3. The summed E-state index contributed by atoms with van der Waals surface area (Å²) < 4.78 is 19.7. The highest BCUT2D eigenvalue weighted by atomic mass is 32.2. The van der Waals surface area contributed by atoms with E-state index in [9.17, 15) is 9.32 Å². The summed E-state index contributed by atoms with van der Waals surface area (Å²) in [6, 6.07) is 17.5. The highest BCUT2D eigenvalue weighted by Crippen LogP contribution is 2.66. The van der Waals surface area contributed by atoms with Gasteiger partial charge in [0.25, 0.3) is 0 Å². The number of allylic oxidation sites excluding steroid dienone is 1. The molecule has 2 fully saturated rings. The zero-order valence-electron chi connectivity index (χ0n) is 21.5. The van der Waals surface area contributed by atoms with Crippen LogP contribution >= 0.6 is 11.8 Å². The molecule has 35 heavy (non-hydrogen) atoms. The van der Waals surface area contributed by atoms with Crippen molar-refractivity contribution in [1.29, 1.82) is 0 Å². The number of aliphatic hydroxyl groups excluding tert-OH is 1. The van der Waals surface area contributed by atoms with Crippen LogP contribution in [0.5, 0.6) is 0 Å². The highest BCUT2D eigenvalue weighted by molar-refractivity contribution is 8.01. The summed E-state index contributed by atoms with van der Waals surface area (Å²) in [5, 5.41) is 11.1. The molecule has 0 radical (unpaired) electrons. The van der Waals surface area contributed by atoms with E-state index >= 15 is 0 Å². The third-order valence-electron chi connectivity index (χ3n) is 9.40. The van der Waals surface area contributed by atoms with E-state index in [1.54, 1.807) is 18.9 Å². The van der Waals surface area contributed by atoms with E-state index in [2.05, 4.69) is 82.3 Å². The number of aliphatic hydroxyl groups is 1. The molecule has 2 aromatic rings. The van der Waals surface area contributed by atoms with Crippen molar-refractivity contribution in [3.05, 3.63) is 81.8 Å². The predicted octanol–water partition coefficient (Wildman–Crippen LogP) is 6.48. The van der Waals surface area contributed by atoms with Gasteiger partial charge in [0.2, 0.25) is 0 Å². The second-order valence-corrected chi connectivity index (χ2v) is 14.3. The Hall–Kier alpha value is -1.40. The monoisotopic (exact) mass is 510 g/mol. The Morgan fingerprint density at radius 1 is 1.03 bits per heavy atom. The molecule has 188 valence electrons. The van der Waals surface area contributed by atoms with Gasteiger partial charge in [-0.25, -0.2) is 0 Å². The van der Waals surface area contributed by atoms with Crippen molar-refractivity contribution in [3.8, 4) is 0 Å². The average Bonchev–Trinajstić information content (AvgIpc) is 3.19. The van der Waals surface area contributed by atoms with Gasteiger partial charge >= 0.3 is 0 Å². The first-order valence-electron chi connectivity index (χ1n) is 12.7. The molecule has 1 aliphatic heterocycles. The van der Waals surface area contributed by atoms with E-state index in [0.29, 0.717) is 18.1 Å². The maximum absolute atomic E-state index is 14.2.